The van der Waals surface area contributed by atoms with Crippen LogP contribution in [0.4, 0.5) is 5.82 Å². The molecule has 1 atom stereocenters. The summed E-state index contributed by atoms with van der Waals surface area (Å²) in [6.45, 7) is -0.0702. The van der Waals surface area contributed by atoms with Gasteiger partial charge in [0.15, 0.2) is 0 Å². The van der Waals surface area contributed by atoms with E-state index >= 15 is 0 Å². The molecule has 0 aliphatic heterocycles. The smallest absolute Gasteiger partial charge is 0.139 e. The summed E-state index contributed by atoms with van der Waals surface area (Å²) in [5.41, 5.74) is 3.00. The highest BCUT2D eigenvalue weighted by Gasteiger charge is 2.18. The highest BCUT2D eigenvalue weighted by atomic mass is 32.1. The minimum atomic E-state index is -0.305. The van der Waals surface area contributed by atoms with Crippen LogP contribution in [0.15, 0.2) is 48.4 Å². The monoisotopic (exact) mass is 381 g/mol. The van der Waals surface area contributed by atoms with Crippen molar-refractivity contribution in [3.05, 3.63) is 53.9 Å². The van der Waals surface area contributed by atoms with Gasteiger partial charge >= 0.3 is 0 Å². The number of fused-ring (bicyclic) bond motifs is 1. The van der Waals surface area contributed by atoms with Gasteiger partial charge in [0.2, 0.25) is 0 Å². The molecule has 3 heterocycles. The molecule has 8 heteroatoms. The molecule has 1 unspecified atom stereocenters. The van der Waals surface area contributed by atoms with Gasteiger partial charge in [0.05, 0.1) is 31.3 Å². The van der Waals surface area contributed by atoms with E-state index < -0.39 is 0 Å². The Morgan fingerprint density at radius 3 is 2.74 bits per heavy atom. The molecule has 0 radical (unpaired) electrons. The lowest BCUT2D eigenvalue weighted by molar-refractivity contribution is 0.276. The molecular weight excluding hydrogens is 362 g/mol. The number of hydrogen-bond acceptors (Lipinski definition) is 7. The molecule has 7 nitrogen and oxygen atoms in total. The summed E-state index contributed by atoms with van der Waals surface area (Å²) in [6.07, 6.45) is 5.16. The van der Waals surface area contributed by atoms with Gasteiger partial charge in [0.25, 0.3) is 0 Å². The second kappa shape index (κ2) is 7.34. The second-order valence-corrected chi connectivity index (χ2v) is 6.97. The molecule has 0 spiro atoms. The van der Waals surface area contributed by atoms with E-state index in [-0.39, 0.29) is 12.6 Å². The van der Waals surface area contributed by atoms with Gasteiger partial charge in [-0.15, -0.1) is 11.3 Å². The van der Waals surface area contributed by atoms with E-state index in [4.69, 9.17) is 4.74 Å². The first kappa shape index (κ1) is 17.4. The predicted molar refractivity (Wildman–Crippen MR) is 106 cm³/mol. The maximum atomic E-state index is 9.86. The van der Waals surface area contributed by atoms with Crippen molar-refractivity contribution >= 4 is 27.4 Å². The number of aliphatic hydroxyl groups is 1. The Labute approximate surface area is 160 Å². The van der Waals surface area contributed by atoms with Crippen LogP contribution in [0, 0.1) is 0 Å². The van der Waals surface area contributed by atoms with Gasteiger partial charge in [0, 0.05) is 29.8 Å². The first-order chi connectivity index (χ1) is 13.2. The zero-order valence-corrected chi connectivity index (χ0v) is 15.8. The second-order valence-electron chi connectivity index (χ2n) is 6.11. The summed E-state index contributed by atoms with van der Waals surface area (Å²) >= 11 is 1.57. The summed E-state index contributed by atoms with van der Waals surface area (Å²) in [5, 5.41) is 20.4. The van der Waals surface area contributed by atoms with Crippen molar-refractivity contribution in [3.63, 3.8) is 0 Å². The maximum absolute atomic E-state index is 9.86. The van der Waals surface area contributed by atoms with Crippen LogP contribution >= 0.6 is 11.3 Å². The van der Waals surface area contributed by atoms with Crippen LogP contribution in [-0.4, -0.2) is 38.6 Å². The van der Waals surface area contributed by atoms with E-state index in [9.17, 15) is 5.11 Å². The van der Waals surface area contributed by atoms with Crippen LogP contribution in [0.3, 0.4) is 0 Å². The Morgan fingerprint density at radius 2 is 2.07 bits per heavy atom. The maximum Gasteiger partial charge on any atom is 0.139 e. The third-order valence-electron chi connectivity index (χ3n) is 4.39. The molecule has 0 aliphatic rings. The van der Waals surface area contributed by atoms with E-state index in [0.717, 1.165) is 32.7 Å². The normalized spacial score (nSPS) is 12.3. The lowest BCUT2D eigenvalue weighted by atomic mass is 10.1. The minimum Gasteiger partial charge on any atom is -0.497 e. The van der Waals surface area contributed by atoms with Crippen molar-refractivity contribution in [1.82, 2.24) is 19.7 Å². The third-order valence-corrected chi connectivity index (χ3v) is 5.28. The number of nitrogens with zero attached hydrogens (tertiary/aromatic N) is 4. The molecule has 0 saturated carbocycles. The lowest BCUT2D eigenvalue weighted by Crippen LogP contribution is -2.15. The molecule has 4 rings (SSSR count). The topological polar surface area (TPSA) is 85.1 Å². The van der Waals surface area contributed by atoms with Gasteiger partial charge < -0.3 is 15.2 Å². The van der Waals surface area contributed by atoms with Crippen LogP contribution in [0.25, 0.3) is 21.3 Å². The van der Waals surface area contributed by atoms with E-state index in [0.29, 0.717) is 5.82 Å². The summed E-state index contributed by atoms with van der Waals surface area (Å²) in [6, 6.07) is 7.59. The molecule has 0 saturated heterocycles. The number of hydrogen-bond donors (Lipinski definition) is 2. The molecule has 4 aromatic rings. The highest BCUT2D eigenvalue weighted by molar-refractivity contribution is 7.17. The first-order valence-electron chi connectivity index (χ1n) is 8.42. The molecule has 27 heavy (non-hydrogen) atoms. The number of ether oxygens (including phenoxy) is 1. The van der Waals surface area contributed by atoms with Gasteiger partial charge in [0.1, 0.15) is 22.7 Å². The van der Waals surface area contributed by atoms with E-state index in [2.05, 4.69) is 25.8 Å². The Morgan fingerprint density at radius 1 is 1.26 bits per heavy atom. The number of rotatable bonds is 6. The van der Waals surface area contributed by atoms with Crippen molar-refractivity contribution < 1.29 is 9.84 Å². The molecule has 0 fully saturated rings. The van der Waals surface area contributed by atoms with Crippen LogP contribution < -0.4 is 10.1 Å². The van der Waals surface area contributed by atoms with Gasteiger partial charge in [-0.2, -0.15) is 5.10 Å². The fourth-order valence-electron chi connectivity index (χ4n) is 2.99. The first-order valence-corrected chi connectivity index (χ1v) is 9.30. The van der Waals surface area contributed by atoms with E-state index in [1.807, 2.05) is 37.5 Å². The van der Waals surface area contributed by atoms with Gasteiger partial charge in [-0.25, -0.2) is 9.97 Å². The molecule has 0 bridgehead atoms. The van der Waals surface area contributed by atoms with Crippen LogP contribution in [0.5, 0.6) is 5.75 Å². The van der Waals surface area contributed by atoms with E-state index in [1.165, 1.54) is 6.33 Å². The fourth-order valence-corrected chi connectivity index (χ4v) is 3.90. The number of anilines is 1. The van der Waals surface area contributed by atoms with Crippen molar-refractivity contribution in [2.45, 2.75) is 6.04 Å². The van der Waals surface area contributed by atoms with Crippen molar-refractivity contribution in [1.29, 1.82) is 0 Å². The average molecular weight is 381 g/mol. The third kappa shape index (κ3) is 3.36. The molecule has 0 aliphatic carbocycles. The number of methoxy groups -OCH3 is 1. The zero-order chi connectivity index (χ0) is 18.8. The molecule has 2 N–H and O–H groups in total. The Bertz CT molecular complexity index is 1060. The Balaban J connectivity index is 1.75. The number of nitrogens with one attached hydrogen (secondary N) is 1. The average Bonchev–Trinajstić information content (AvgIpc) is 3.33. The number of aromatic nitrogens is 4. The standard InChI is InChI=1S/C19H19N5O2S/c1-24-8-13(7-22-24)16(9-25)23-18-17-15(10-27-19(17)21-11-20-18)12-3-5-14(26-2)6-4-12/h3-8,10-11,16,25H,9H2,1-2H3,(H,20,21,23). The molecule has 0 amide bonds. The van der Waals surface area contributed by atoms with Crippen LogP contribution in [0.1, 0.15) is 11.6 Å². The summed E-state index contributed by atoms with van der Waals surface area (Å²) < 4.78 is 6.96. The van der Waals surface area contributed by atoms with Crippen molar-refractivity contribution in [3.8, 4) is 16.9 Å². The van der Waals surface area contributed by atoms with Crippen LogP contribution in [0.2, 0.25) is 0 Å². The number of thiophene rings is 1. The van der Waals surface area contributed by atoms with E-state index in [1.54, 1.807) is 29.3 Å². The highest BCUT2D eigenvalue weighted by Crippen LogP contribution is 2.37. The minimum absolute atomic E-state index is 0.0702. The van der Waals surface area contributed by atoms with Crippen molar-refractivity contribution in [2.24, 2.45) is 7.05 Å². The summed E-state index contributed by atoms with van der Waals surface area (Å²) in [7, 11) is 3.50. The quantitative estimate of drug-likeness (QED) is 0.533. The zero-order valence-electron chi connectivity index (χ0n) is 15.0. The molecule has 138 valence electrons. The lowest BCUT2D eigenvalue weighted by Gasteiger charge is -2.16. The number of benzene rings is 1. The Hall–Kier alpha value is -2.97. The summed E-state index contributed by atoms with van der Waals surface area (Å²) in [4.78, 5) is 9.73. The Kier molecular flexibility index (Phi) is 4.74. The molecule has 3 aromatic heterocycles. The van der Waals surface area contributed by atoms with Gasteiger partial charge in [-0.3, -0.25) is 4.68 Å². The van der Waals surface area contributed by atoms with Gasteiger partial charge in [-0.05, 0) is 17.7 Å². The SMILES string of the molecule is COc1ccc(-c2csc3ncnc(NC(CO)c4cnn(C)c4)c23)cc1. The fraction of sp³-hybridized carbons (Fsp3) is 0.211. The molecular formula is C19H19N5O2S. The summed E-state index contributed by atoms with van der Waals surface area (Å²) in [5.74, 6) is 1.50. The largest absolute Gasteiger partial charge is 0.497 e. The van der Waals surface area contributed by atoms with Crippen molar-refractivity contribution in [2.75, 3.05) is 19.0 Å². The number of aliphatic hydroxyl groups excluding tert-OH is 1. The molecule has 1 aromatic carbocycles. The van der Waals surface area contributed by atoms with Gasteiger partial charge in [-0.1, -0.05) is 12.1 Å². The number of aryl methyl sites for hydroxylation is 1. The van der Waals surface area contributed by atoms with Crippen LogP contribution in [-0.2, 0) is 7.05 Å². The predicted octanol–water partition coefficient (Wildman–Crippen LogP) is 3.25.